The van der Waals surface area contributed by atoms with Gasteiger partial charge in [-0.15, -0.1) is 10.2 Å². The average molecular weight is 263 g/mol. The summed E-state index contributed by atoms with van der Waals surface area (Å²) in [6.07, 6.45) is 7.86. The smallest absolute Gasteiger partial charge is 0.234 e. The minimum absolute atomic E-state index is 0.609. The Balaban J connectivity index is 1.50. The molecule has 2 aliphatic rings. The topological polar surface area (TPSA) is 55.1 Å². The molecule has 2 aromatic heterocycles. The van der Waals surface area contributed by atoms with Crippen molar-refractivity contribution in [3.63, 3.8) is 0 Å². The van der Waals surface area contributed by atoms with Gasteiger partial charge < -0.3 is 5.32 Å². The minimum Gasteiger partial charge on any atom is -0.308 e. The predicted octanol–water partition coefficient (Wildman–Crippen LogP) is 2.10. The number of aromatic nitrogens is 4. The normalized spacial score (nSPS) is 21.1. The number of hydrogen-bond acceptors (Lipinski definition) is 5. The molecule has 0 unspecified atom stereocenters. The highest BCUT2D eigenvalue weighted by molar-refractivity contribution is 7.16. The van der Waals surface area contributed by atoms with Crippen molar-refractivity contribution in [3.8, 4) is 0 Å². The van der Waals surface area contributed by atoms with E-state index < -0.39 is 0 Å². The van der Waals surface area contributed by atoms with Gasteiger partial charge in [0, 0.05) is 18.5 Å². The molecule has 18 heavy (non-hydrogen) atoms. The molecule has 0 atom stereocenters. The van der Waals surface area contributed by atoms with E-state index in [1.54, 1.807) is 11.3 Å². The van der Waals surface area contributed by atoms with E-state index in [4.69, 9.17) is 0 Å². The van der Waals surface area contributed by atoms with Crippen LogP contribution < -0.4 is 5.32 Å². The van der Waals surface area contributed by atoms with Crippen molar-refractivity contribution in [2.24, 2.45) is 0 Å². The molecule has 4 rings (SSSR count). The Morgan fingerprint density at radius 2 is 2.00 bits per heavy atom. The van der Waals surface area contributed by atoms with Gasteiger partial charge in [0.2, 0.25) is 4.96 Å². The van der Waals surface area contributed by atoms with Crippen LogP contribution in [0.1, 0.15) is 55.3 Å². The van der Waals surface area contributed by atoms with E-state index in [1.165, 1.54) is 38.5 Å². The molecular formula is C12H17N5S. The summed E-state index contributed by atoms with van der Waals surface area (Å²) in [5.41, 5.74) is 0. The second-order valence-corrected chi connectivity index (χ2v) is 6.43. The van der Waals surface area contributed by atoms with Crippen LogP contribution in [0.2, 0.25) is 0 Å². The second kappa shape index (κ2) is 4.28. The number of hydrogen-bond donors (Lipinski definition) is 1. The fraction of sp³-hybridized carbons (Fsp3) is 0.750. The van der Waals surface area contributed by atoms with Crippen LogP contribution in [0.25, 0.3) is 4.96 Å². The average Bonchev–Trinajstić information content (AvgIpc) is 2.80. The highest BCUT2D eigenvalue weighted by atomic mass is 32.1. The lowest BCUT2D eigenvalue weighted by molar-refractivity contribution is 0.520. The first-order valence-electron chi connectivity index (χ1n) is 6.84. The van der Waals surface area contributed by atoms with Gasteiger partial charge in [0.1, 0.15) is 5.01 Å². The minimum atomic E-state index is 0.609. The van der Waals surface area contributed by atoms with E-state index >= 15 is 0 Å². The molecule has 0 radical (unpaired) electrons. The summed E-state index contributed by atoms with van der Waals surface area (Å²) >= 11 is 1.66. The van der Waals surface area contributed by atoms with Gasteiger partial charge in [-0.25, -0.2) is 0 Å². The molecule has 2 saturated carbocycles. The van der Waals surface area contributed by atoms with Crippen LogP contribution in [0.15, 0.2) is 0 Å². The van der Waals surface area contributed by atoms with Gasteiger partial charge in [0.15, 0.2) is 5.82 Å². The SMILES string of the molecule is C1CCC(NCc2nn3c(C4CC4)nnc3s2)C1. The van der Waals surface area contributed by atoms with Gasteiger partial charge in [0.25, 0.3) is 0 Å². The zero-order valence-corrected chi connectivity index (χ0v) is 11.1. The van der Waals surface area contributed by atoms with Crippen molar-refractivity contribution in [1.29, 1.82) is 0 Å². The van der Waals surface area contributed by atoms with Crippen molar-refractivity contribution >= 4 is 16.3 Å². The van der Waals surface area contributed by atoms with E-state index in [-0.39, 0.29) is 0 Å². The first-order chi connectivity index (χ1) is 8.90. The number of rotatable bonds is 4. The molecule has 5 nitrogen and oxygen atoms in total. The molecule has 0 spiro atoms. The van der Waals surface area contributed by atoms with Gasteiger partial charge in [0.05, 0.1) is 0 Å². The van der Waals surface area contributed by atoms with Gasteiger partial charge in [-0.05, 0) is 25.7 Å². The molecule has 0 saturated heterocycles. The largest absolute Gasteiger partial charge is 0.308 e. The molecule has 0 bridgehead atoms. The highest BCUT2D eigenvalue weighted by Crippen LogP contribution is 2.39. The van der Waals surface area contributed by atoms with Crippen molar-refractivity contribution < 1.29 is 0 Å². The Labute approximate surface area is 110 Å². The number of nitrogens with one attached hydrogen (secondary N) is 1. The predicted molar refractivity (Wildman–Crippen MR) is 69.7 cm³/mol. The van der Waals surface area contributed by atoms with E-state index in [9.17, 15) is 0 Å². The molecule has 2 heterocycles. The Bertz CT molecular complexity index is 550. The summed E-state index contributed by atoms with van der Waals surface area (Å²) in [6, 6.07) is 0.697. The fourth-order valence-corrected chi connectivity index (χ4v) is 3.49. The maximum Gasteiger partial charge on any atom is 0.234 e. The summed E-state index contributed by atoms with van der Waals surface area (Å²) in [4.78, 5) is 0.945. The van der Waals surface area contributed by atoms with Crippen molar-refractivity contribution in [2.45, 2.75) is 57.0 Å². The van der Waals surface area contributed by atoms with Crippen LogP contribution in [0.4, 0.5) is 0 Å². The van der Waals surface area contributed by atoms with Gasteiger partial charge in [-0.1, -0.05) is 24.2 Å². The molecule has 6 heteroatoms. The third-order valence-electron chi connectivity index (χ3n) is 3.90. The van der Waals surface area contributed by atoms with Crippen LogP contribution in [0.5, 0.6) is 0 Å². The summed E-state index contributed by atoms with van der Waals surface area (Å²) in [5.74, 6) is 1.67. The Morgan fingerprint density at radius 3 is 2.78 bits per heavy atom. The molecule has 2 fully saturated rings. The molecule has 2 aromatic rings. The summed E-state index contributed by atoms with van der Waals surface area (Å²) in [7, 11) is 0. The Morgan fingerprint density at radius 1 is 1.17 bits per heavy atom. The van der Waals surface area contributed by atoms with Gasteiger partial charge >= 0.3 is 0 Å². The molecule has 1 N–H and O–H groups in total. The van der Waals surface area contributed by atoms with E-state index in [2.05, 4.69) is 20.6 Å². The Kier molecular flexibility index (Phi) is 2.58. The molecule has 2 aliphatic carbocycles. The molecule has 0 amide bonds. The lowest BCUT2D eigenvalue weighted by Crippen LogP contribution is -2.25. The standard InChI is InChI=1S/C12H17N5S/c1-2-4-9(3-1)13-7-10-16-17-11(8-5-6-8)14-15-12(17)18-10/h8-9,13H,1-7H2. The van der Waals surface area contributed by atoms with Crippen LogP contribution in [-0.4, -0.2) is 25.9 Å². The summed E-state index contributed by atoms with van der Waals surface area (Å²) in [6.45, 7) is 0.878. The van der Waals surface area contributed by atoms with Gasteiger partial charge in [-0.3, -0.25) is 0 Å². The monoisotopic (exact) mass is 263 g/mol. The zero-order chi connectivity index (χ0) is 11.9. The van der Waals surface area contributed by atoms with Crippen molar-refractivity contribution in [1.82, 2.24) is 25.1 Å². The third-order valence-corrected chi connectivity index (χ3v) is 4.80. The second-order valence-electron chi connectivity index (χ2n) is 5.38. The zero-order valence-electron chi connectivity index (χ0n) is 10.3. The molecule has 96 valence electrons. The maximum absolute atomic E-state index is 4.64. The van der Waals surface area contributed by atoms with E-state index in [1.807, 2.05) is 4.52 Å². The fourth-order valence-electron chi connectivity index (χ4n) is 2.70. The molecule has 0 aromatic carbocycles. The first kappa shape index (κ1) is 10.9. The Hall–Kier alpha value is -1.01. The van der Waals surface area contributed by atoms with Crippen LogP contribution >= 0.6 is 11.3 Å². The number of nitrogens with zero attached hydrogens (tertiary/aromatic N) is 4. The lowest BCUT2D eigenvalue weighted by atomic mass is 10.2. The summed E-state index contributed by atoms with van der Waals surface area (Å²) < 4.78 is 1.95. The van der Waals surface area contributed by atoms with Crippen LogP contribution in [0.3, 0.4) is 0 Å². The quantitative estimate of drug-likeness (QED) is 0.917. The van der Waals surface area contributed by atoms with Crippen LogP contribution in [-0.2, 0) is 6.54 Å². The first-order valence-corrected chi connectivity index (χ1v) is 7.66. The third kappa shape index (κ3) is 1.93. The number of fused-ring (bicyclic) bond motifs is 1. The van der Waals surface area contributed by atoms with Gasteiger partial charge in [-0.2, -0.15) is 9.61 Å². The van der Waals surface area contributed by atoms with Crippen molar-refractivity contribution in [3.05, 3.63) is 10.8 Å². The van der Waals surface area contributed by atoms with Crippen molar-refractivity contribution in [2.75, 3.05) is 0 Å². The highest BCUT2D eigenvalue weighted by Gasteiger charge is 2.30. The van der Waals surface area contributed by atoms with Crippen LogP contribution in [0, 0.1) is 0 Å². The van der Waals surface area contributed by atoms with E-state index in [0.717, 1.165) is 22.3 Å². The maximum atomic E-state index is 4.64. The molecule has 0 aliphatic heterocycles. The van der Waals surface area contributed by atoms with E-state index in [0.29, 0.717) is 12.0 Å². The molecular weight excluding hydrogens is 246 g/mol. The summed E-state index contributed by atoms with van der Waals surface area (Å²) in [5, 5.41) is 17.8. The lowest BCUT2D eigenvalue weighted by Gasteiger charge is -2.08.